The third kappa shape index (κ3) is 5.67. The van der Waals surface area contributed by atoms with E-state index in [9.17, 15) is 13.2 Å². The molecule has 1 atom stereocenters. The van der Waals surface area contributed by atoms with Crippen molar-refractivity contribution in [3.05, 3.63) is 29.3 Å². The van der Waals surface area contributed by atoms with Gasteiger partial charge < -0.3 is 10.2 Å². The fraction of sp³-hybridized carbons (Fsp3) is 0.611. The number of amides is 1. The molecule has 1 aliphatic rings. The predicted molar refractivity (Wildman–Crippen MR) is 106 cm³/mol. The van der Waals surface area contributed by atoms with E-state index in [1.807, 2.05) is 14.0 Å². The normalized spacial score (nSPS) is 18.3. The number of carbonyl (C=O) groups is 1. The average molecular weight is 404 g/mol. The van der Waals surface area contributed by atoms with Gasteiger partial charge in [0.25, 0.3) is 5.91 Å². The van der Waals surface area contributed by atoms with Gasteiger partial charge >= 0.3 is 0 Å². The van der Waals surface area contributed by atoms with Gasteiger partial charge in [0.05, 0.1) is 4.90 Å². The molecule has 8 heteroatoms. The first-order valence-electron chi connectivity index (χ1n) is 8.64. The first-order chi connectivity index (χ1) is 11.5. The van der Waals surface area contributed by atoms with Crippen molar-refractivity contribution >= 4 is 28.3 Å². The zero-order valence-electron chi connectivity index (χ0n) is 16.1. The molecule has 2 rings (SSSR count). The van der Waals surface area contributed by atoms with Crippen LogP contribution in [-0.2, 0) is 10.0 Å². The summed E-state index contributed by atoms with van der Waals surface area (Å²) in [5, 5.41) is 3.22. The summed E-state index contributed by atoms with van der Waals surface area (Å²) in [6.45, 7) is 8.54. The highest BCUT2D eigenvalue weighted by Gasteiger charge is 2.27. The first kappa shape index (κ1) is 22.9. The monoisotopic (exact) mass is 403 g/mol. The first-order valence-corrected chi connectivity index (χ1v) is 10.1. The molecule has 148 valence electrons. The molecule has 1 aliphatic heterocycles. The quantitative estimate of drug-likeness (QED) is 0.808. The lowest BCUT2D eigenvalue weighted by molar-refractivity contribution is 0.0697. The van der Waals surface area contributed by atoms with Crippen LogP contribution in [0.4, 0.5) is 0 Å². The molecule has 1 unspecified atom stereocenters. The van der Waals surface area contributed by atoms with Crippen LogP contribution in [0.1, 0.15) is 49.5 Å². The molecular formula is C18H30ClN3O3S. The predicted octanol–water partition coefficient (Wildman–Crippen LogP) is 2.32. The van der Waals surface area contributed by atoms with Gasteiger partial charge in [-0.2, -0.15) is 0 Å². The third-order valence-corrected chi connectivity index (χ3v) is 6.06. The second-order valence-corrected chi connectivity index (χ2v) is 9.39. The van der Waals surface area contributed by atoms with Gasteiger partial charge in [-0.3, -0.25) is 4.79 Å². The third-order valence-electron chi connectivity index (χ3n) is 4.31. The summed E-state index contributed by atoms with van der Waals surface area (Å²) in [7, 11) is -1.77. The highest BCUT2D eigenvalue weighted by molar-refractivity contribution is 7.89. The molecule has 1 heterocycles. The van der Waals surface area contributed by atoms with Gasteiger partial charge in [0.2, 0.25) is 10.0 Å². The SMILES string of the molecule is CNC1CCCN(C(=O)c2cc(S(=O)(=O)NC(C)(C)C)ccc2C)C1.Cl. The Kier molecular flexibility index (Phi) is 7.65. The number of nitrogens with zero attached hydrogens (tertiary/aromatic N) is 1. The molecule has 26 heavy (non-hydrogen) atoms. The molecule has 1 saturated heterocycles. The lowest BCUT2D eigenvalue weighted by atomic mass is 10.0. The van der Waals surface area contributed by atoms with Crippen molar-refractivity contribution < 1.29 is 13.2 Å². The second-order valence-electron chi connectivity index (χ2n) is 7.71. The second kappa shape index (κ2) is 8.69. The minimum atomic E-state index is -3.67. The van der Waals surface area contributed by atoms with E-state index in [2.05, 4.69) is 10.0 Å². The van der Waals surface area contributed by atoms with Crippen molar-refractivity contribution in [2.24, 2.45) is 0 Å². The van der Waals surface area contributed by atoms with E-state index < -0.39 is 15.6 Å². The molecule has 2 N–H and O–H groups in total. The highest BCUT2D eigenvalue weighted by atomic mass is 35.5. The van der Waals surface area contributed by atoms with E-state index >= 15 is 0 Å². The molecule has 1 fully saturated rings. The number of sulfonamides is 1. The van der Waals surface area contributed by atoms with Crippen LogP contribution in [-0.4, -0.2) is 50.9 Å². The Labute approximate surface area is 163 Å². The Morgan fingerprint density at radius 1 is 1.27 bits per heavy atom. The number of benzene rings is 1. The molecule has 1 amide bonds. The molecule has 1 aromatic carbocycles. The van der Waals surface area contributed by atoms with Gasteiger partial charge in [0, 0.05) is 30.2 Å². The standard InChI is InChI=1S/C18H29N3O3S.ClH/c1-13-8-9-15(25(23,24)20-18(2,3)4)11-16(13)17(22)21-10-6-7-14(12-21)19-5;/h8-9,11,14,19-20H,6-7,10,12H2,1-5H3;1H. The molecule has 0 radical (unpaired) electrons. The fourth-order valence-corrected chi connectivity index (χ4v) is 4.47. The molecule has 6 nitrogen and oxygen atoms in total. The van der Waals surface area contributed by atoms with Crippen LogP contribution in [0.5, 0.6) is 0 Å². The number of nitrogens with one attached hydrogen (secondary N) is 2. The lowest BCUT2D eigenvalue weighted by Gasteiger charge is -2.33. The number of hydrogen-bond donors (Lipinski definition) is 2. The Balaban J connectivity index is 0.00000338. The molecule has 0 aromatic heterocycles. The Morgan fingerprint density at radius 2 is 1.92 bits per heavy atom. The number of rotatable bonds is 4. The number of aryl methyl sites for hydroxylation is 1. The van der Waals surface area contributed by atoms with Crippen molar-refractivity contribution in [3.8, 4) is 0 Å². The average Bonchev–Trinajstić information content (AvgIpc) is 2.52. The van der Waals surface area contributed by atoms with Gasteiger partial charge in [-0.25, -0.2) is 13.1 Å². The molecule has 0 saturated carbocycles. The van der Waals surface area contributed by atoms with Crippen molar-refractivity contribution in [2.75, 3.05) is 20.1 Å². The number of hydrogen-bond acceptors (Lipinski definition) is 4. The van der Waals surface area contributed by atoms with Crippen molar-refractivity contribution in [2.45, 2.75) is 57.0 Å². The smallest absolute Gasteiger partial charge is 0.254 e. The minimum absolute atomic E-state index is 0. The van der Waals surface area contributed by atoms with Crippen molar-refractivity contribution in [3.63, 3.8) is 0 Å². The summed E-state index contributed by atoms with van der Waals surface area (Å²) in [5.74, 6) is -0.106. The van der Waals surface area contributed by atoms with Crippen molar-refractivity contribution in [1.29, 1.82) is 0 Å². The number of piperidine rings is 1. The van der Waals surface area contributed by atoms with Gasteiger partial charge in [0.15, 0.2) is 0 Å². The van der Waals surface area contributed by atoms with Crippen molar-refractivity contribution in [1.82, 2.24) is 14.9 Å². The largest absolute Gasteiger partial charge is 0.337 e. The Bertz CT molecular complexity index is 745. The van der Waals surface area contributed by atoms with Gasteiger partial charge in [0.1, 0.15) is 0 Å². The summed E-state index contributed by atoms with van der Waals surface area (Å²) >= 11 is 0. The molecular weight excluding hydrogens is 374 g/mol. The highest BCUT2D eigenvalue weighted by Crippen LogP contribution is 2.21. The zero-order chi connectivity index (χ0) is 18.8. The maximum atomic E-state index is 12.9. The van der Waals surface area contributed by atoms with E-state index in [4.69, 9.17) is 0 Å². The van der Waals surface area contributed by atoms with Crippen LogP contribution < -0.4 is 10.0 Å². The lowest BCUT2D eigenvalue weighted by Crippen LogP contribution is -2.47. The number of halogens is 1. The Hall–Kier alpha value is -1.15. The molecule has 0 spiro atoms. The topological polar surface area (TPSA) is 78.5 Å². The van der Waals surface area contributed by atoms with E-state index in [0.717, 1.165) is 18.4 Å². The summed E-state index contributed by atoms with van der Waals surface area (Å²) in [4.78, 5) is 14.9. The molecule has 1 aromatic rings. The zero-order valence-corrected chi connectivity index (χ0v) is 17.8. The summed E-state index contributed by atoms with van der Waals surface area (Å²) in [5.41, 5.74) is 0.653. The van der Waals surface area contributed by atoms with Gasteiger partial charge in [-0.05, 0) is 65.3 Å². The van der Waals surface area contributed by atoms with Crippen LogP contribution in [0.2, 0.25) is 0 Å². The summed E-state index contributed by atoms with van der Waals surface area (Å²) in [6.07, 6.45) is 1.99. The summed E-state index contributed by atoms with van der Waals surface area (Å²) in [6, 6.07) is 5.03. The van der Waals surface area contributed by atoms with Crippen LogP contribution >= 0.6 is 12.4 Å². The molecule has 0 bridgehead atoms. The van der Waals surface area contributed by atoms with Crippen LogP contribution in [0.3, 0.4) is 0 Å². The number of likely N-dealkylation sites (tertiary alicyclic amines) is 1. The van der Waals surface area contributed by atoms with E-state index in [1.165, 1.54) is 6.07 Å². The summed E-state index contributed by atoms with van der Waals surface area (Å²) < 4.78 is 27.8. The van der Waals surface area contributed by atoms with Gasteiger partial charge in [-0.15, -0.1) is 12.4 Å². The Morgan fingerprint density at radius 3 is 2.50 bits per heavy atom. The maximum absolute atomic E-state index is 12.9. The minimum Gasteiger partial charge on any atom is -0.337 e. The number of likely N-dealkylation sites (N-methyl/N-ethyl adjacent to an activating group) is 1. The van der Waals surface area contributed by atoms with E-state index in [-0.39, 0.29) is 29.3 Å². The van der Waals surface area contributed by atoms with Crippen LogP contribution in [0, 0.1) is 6.92 Å². The van der Waals surface area contributed by atoms with E-state index in [0.29, 0.717) is 18.7 Å². The maximum Gasteiger partial charge on any atom is 0.254 e. The fourth-order valence-electron chi connectivity index (χ4n) is 3.03. The number of carbonyl (C=O) groups excluding carboxylic acids is 1. The van der Waals surface area contributed by atoms with Crippen LogP contribution in [0.15, 0.2) is 23.1 Å². The van der Waals surface area contributed by atoms with Crippen LogP contribution in [0.25, 0.3) is 0 Å². The molecule has 0 aliphatic carbocycles. The van der Waals surface area contributed by atoms with Gasteiger partial charge in [-0.1, -0.05) is 6.07 Å². The van der Waals surface area contributed by atoms with E-state index in [1.54, 1.807) is 37.8 Å².